The van der Waals surface area contributed by atoms with Gasteiger partial charge in [0, 0.05) is 0 Å². The van der Waals surface area contributed by atoms with E-state index < -0.39 is 30.2 Å². The monoisotopic (exact) mass is 385 g/mol. The number of alkyl halides is 2. The number of fused-ring (bicyclic) bond motifs is 2. The number of halogens is 4. The summed E-state index contributed by atoms with van der Waals surface area (Å²) in [4.78, 5) is 23.9. The molecule has 3 aromatic rings. The smallest absolute Gasteiger partial charge is 0.295 e. The molecule has 3 heterocycles. The Hall–Kier alpha value is -2.59. The molecule has 0 unspecified atom stereocenters. The van der Waals surface area contributed by atoms with Crippen molar-refractivity contribution in [3.8, 4) is 0 Å². The second-order valence-corrected chi connectivity index (χ2v) is 6.18. The van der Waals surface area contributed by atoms with Gasteiger partial charge in [-0.2, -0.15) is 0 Å². The second kappa shape index (κ2) is 5.99. The van der Waals surface area contributed by atoms with E-state index in [2.05, 4.69) is 15.0 Å². The lowest BCUT2D eigenvalue weighted by molar-refractivity contribution is -0.0205. The van der Waals surface area contributed by atoms with Gasteiger partial charge in [-0.05, 0) is 12.1 Å². The number of hydrogen-bond acceptors (Lipinski definition) is 4. The number of benzene rings is 1. The number of nitrogens with one attached hydrogen (secondary N) is 1. The first-order chi connectivity index (χ1) is 12.4. The Morgan fingerprint density at radius 2 is 2.19 bits per heavy atom. The molecule has 1 amide bonds. The van der Waals surface area contributed by atoms with Crippen molar-refractivity contribution in [3.05, 3.63) is 46.5 Å². The molecule has 4 rings (SSSR count). The molecule has 1 atom stereocenters. The molecular weight excluding hydrogens is 375 g/mol. The average Bonchev–Trinajstić information content (AvgIpc) is 3.21. The van der Waals surface area contributed by atoms with Gasteiger partial charge in [-0.25, -0.2) is 23.1 Å². The van der Waals surface area contributed by atoms with Crippen LogP contribution in [0.3, 0.4) is 0 Å². The summed E-state index contributed by atoms with van der Waals surface area (Å²) < 4.78 is 40.9. The van der Waals surface area contributed by atoms with Gasteiger partial charge in [-0.15, -0.1) is 0 Å². The number of hydrogen-bond donors (Lipinski definition) is 2. The van der Waals surface area contributed by atoms with E-state index >= 15 is 0 Å². The topological polar surface area (TPSA) is 87.0 Å². The molecule has 0 saturated heterocycles. The first kappa shape index (κ1) is 16.9. The molecule has 0 radical (unpaired) electrons. The van der Waals surface area contributed by atoms with E-state index in [-0.39, 0.29) is 35.0 Å². The summed E-state index contributed by atoms with van der Waals surface area (Å²) in [5.74, 6) is -2.05. The SMILES string of the molecule is O=C(c1nc2c(F)ccc(Cl)c2[nH]1)N1Cc2cnc(C(F)F)n2C[C@@H]1O. The fraction of sp³-hybridized carbons (Fsp3) is 0.267. The van der Waals surface area contributed by atoms with Crippen LogP contribution in [0.25, 0.3) is 11.0 Å². The summed E-state index contributed by atoms with van der Waals surface area (Å²) >= 11 is 5.97. The molecule has 2 N–H and O–H groups in total. The number of carbonyl (C=O) groups excluding carboxylic acids is 1. The highest BCUT2D eigenvalue weighted by Gasteiger charge is 2.33. The number of aromatic amines is 1. The van der Waals surface area contributed by atoms with Crippen LogP contribution in [0.2, 0.25) is 5.02 Å². The Bertz CT molecular complexity index is 979. The Kier molecular flexibility index (Phi) is 3.88. The van der Waals surface area contributed by atoms with Gasteiger partial charge in [-0.1, -0.05) is 11.6 Å². The lowest BCUT2D eigenvalue weighted by Gasteiger charge is -2.33. The quantitative estimate of drug-likeness (QED) is 0.709. The Labute approximate surface area is 149 Å². The van der Waals surface area contributed by atoms with Crippen LogP contribution in [0.1, 0.15) is 28.6 Å². The number of imidazole rings is 2. The molecule has 0 spiro atoms. The molecular formula is C15H11ClF3N5O2. The minimum Gasteiger partial charge on any atom is -0.372 e. The van der Waals surface area contributed by atoms with Gasteiger partial charge >= 0.3 is 0 Å². The number of rotatable bonds is 2. The Balaban J connectivity index is 1.68. The summed E-state index contributed by atoms with van der Waals surface area (Å²) in [5, 5.41) is 10.4. The van der Waals surface area contributed by atoms with Crippen molar-refractivity contribution in [1.82, 2.24) is 24.4 Å². The van der Waals surface area contributed by atoms with E-state index in [0.717, 1.165) is 11.0 Å². The zero-order valence-corrected chi connectivity index (χ0v) is 13.7. The molecule has 26 heavy (non-hydrogen) atoms. The molecule has 11 heteroatoms. The molecule has 0 fully saturated rings. The van der Waals surface area contributed by atoms with E-state index in [4.69, 9.17) is 11.6 Å². The molecule has 2 aromatic heterocycles. The molecule has 1 aromatic carbocycles. The van der Waals surface area contributed by atoms with E-state index in [1.807, 2.05) is 0 Å². The van der Waals surface area contributed by atoms with E-state index in [0.29, 0.717) is 5.69 Å². The molecule has 1 aliphatic heterocycles. The number of amides is 1. The minimum atomic E-state index is -2.79. The maximum absolute atomic E-state index is 13.8. The summed E-state index contributed by atoms with van der Waals surface area (Å²) in [7, 11) is 0. The normalized spacial score (nSPS) is 17.2. The summed E-state index contributed by atoms with van der Waals surface area (Å²) in [6, 6.07) is 2.45. The molecule has 136 valence electrons. The lowest BCUT2D eigenvalue weighted by Crippen LogP contribution is -2.46. The Morgan fingerprint density at radius 3 is 2.88 bits per heavy atom. The average molecular weight is 386 g/mol. The lowest BCUT2D eigenvalue weighted by atomic mass is 10.2. The van der Waals surface area contributed by atoms with Gasteiger partial charge in [0.05, 0.1) is 35.5 Å². The minimum absolute atomic E-state index is 0.0997. The van der Waals surface area contributed by atoms with Gasteiger partial charge in [0.15, 0.2) is 17.5 Å². The highest BCUT2D eigenvalue weighted by Crippen LogP contribution is 2.27. The van der Waals surface area contributed by atoms with E-state index in [1.165, 1.54) is 16.8 Å². The van der Waals surface area contributed by atoms with Crippen LogP contribution in [-0.2, 0) is 13.1 Å². The summed E-state index contributed by atoms with van der Waals surface area (Å²) in [6.45, 7) is -0.400. The maximum Gasteiger partial charge on any atom is 0.295 e. The van der Waals surface area contributed by atoms with Crippen molar-refractivity contribution in [1.29, 1.82) is 0 Å². The molecule has 0 aliphatic carbocycles. The standard InChI is InChI=1S/C15H11ClF3N5O2/c16-7-1-2-8(17)11-10(7)21-13(22-11)15(26)24-4-6-3-20-14(12(18)19)23(6)5-9(24)25/h1-3,9,12,25H,4-5H2,(H,21,22)/t9-/m0/s1. The predicted octanol–water partition coefficient (Wildman–Crippen LogP) is 2.46. The number of H-pyrrole nitrogens is 1. The van der Waals surface area contributed by atoms with Crippen LogP contribution in [0.4, 0.5) is 13.2 Å². The number of nitrogens with zero attached hydrogens (tertiary/aromatic N) is 4. The fourth-order valence-electron chi connectivity index (χ4n) is 2.95. The van der Waals surface area contributed by atoms with Crippen LogP contribution in [0.5, 0.6) is 0 Å². The number of aromatic nitrogens is 4. The van der Waals surface area contributed by atoms with Gasteiger partial charge in [0.2, 0.25) is 0 Å². The van der Waals surface area contributed by atoms with Crippen LogP contribution >= 0.6 is 11.6 Å². The second-order valence-electron chi connectivity index (χ2n) is 5.77. The van der Waals surface area contributed by atoms with Crippen LogP contribution in [0.15, 0.2) is 18.3 Å². The van der Waals surface area contributed by atoms with Crippen molar-refractivity contribution in [3.63, 3.8) is 0 Å². The summed E-state index contributed by atoms with van der Waals surface area (Å²) in [6.07, 6.45) is -2.93. The third-order valence-electron chi connectivity index (χ3n) is 4.21. The van der Waals surface area contributed by atoms with Crippen molar-refractivity contribution in [2.75, 3.05) is 0 Å². The number of aliphatic hydroxyl groups is 1. The zero-order chi connectivity index (χ0) is 18.6. The van der Waals surface area contributed by atoms with Crippen molar-refractivity contribution in [2.45, 2.75) is 25.7 Å². The van der Waals surface area contributed by atoms with Crippen LogP contribution < -0.4 is 0 Å². The maximum atomic E-state index is 13.8. The Morgan fingerprint density at radius 1 is 1.42 bits per heavy atom. The van der Waals surface area contributed by atoms with Gasteiger partial charge in [0.1, 0.15) is 11.7 Å². The molecule has 7 nitrogen and oxygen atoms in total. The van der Waals surface area contributed by atoms with Crippen molar-refractivity contribution >= 4 is 28.5 Å². The fourth-order valence-corrected chi connectivity index (χ4v) is 3.15. The van der Waals surface area contributed by atoms with Crippen molar-refractivity contribution < 1.29 is 23.1 Å². The van der Waals surface area contributed by atoms with Gasteiger partial charge in [0.25, 0.3) is 12.3 Å². The van der Waals surface area contributed by atoms with Gasteiger partial charge < -0.3 is 19.6 Å². The first-order valence-corrected chi connectivity index (χ1v) is 7.90. The largest absolute Gasteiger partial charge is 0.372 e. The van der Waals surface area contributed by atoms with Crippen LogP contribution in [0, 0.1) is 5.82 Å². The summed E-state index contributed by atoms with van der Waals surface area (Å²) in [5.41, 5.74) is 0.406. The molecule has 0 saturated carbocycles. The van der Waals surface area contributed by atoms with Crippen molar-refractivity contribution in [2.24, 2.45) is 0 Å². The highest BCUT2D eigenvalue weighted by molar-refractivity contribution is 6.35. The van der Waals surface area contributed by atoms with Crippen LogP contribution in [-0.4, -0.2) is 41.7 Å². The highest BCUT2D eigenvalue weighted by atomic mass is 35.5. The van der Waals surface area contributed by atoms with E-state index in [9.17, 15) is 23.1 Å². The zero-order valence-electron chi connectivity index (χ0n) is 13.0. The molecule has 1 aliphatic rings. The molecule has 0 bridgehead atoms. The third kappa shape index (κ3) is 2.53. The first-order valence-electron chi connectivity index (χ1n) is 7.52. The number of carbonyl (C=O) groups is 1. The van der Waals surface area contributed by atoms with E-state index in [1.54, 1.807) is 0 Å². The predicted molar refractivity (Wildman–Crippen MR) is 84.1 cm³/mol. The van der Waals surface area contributed by atoms with Gasteiger partial charge in [-0.3, -0.25) is 4.79 Å². The number of aliphatic hydroxyl groups excluding tert-OH is 1. The third-order valence-corrected chi connectivity index (χ3v) is 4.53.